The molecular formula is C12H14O4S. The smallest absolute Gasteiger partial charge is 0.310 e. The summed E-state index contributed by atoms with van der Waals surface area (Å²) in [7, 11) is -2.11. The monoisotopic (exact) mass is 254 g/mol. The lowest BCUT2D eigenvalue weighted by Crippen LogP contribution is -2.14. The summed E-state index contributed by atoms with van der Waals surface area (Å²) in [6, 6.07) is 6.67. The average Bonchev–Trinajstić information content (AvgIpc) is 3.09. The zero-order valence-corrected chi connectivity index (χ0v) is 10.5. The molecule has 0 N–H and O–H groups in total. The van der Waals surface area contributed by atoms with Crippen LogP contribution < -0.4 is 0 Å². The second-order valence-corrected chi connectivity index (χ2v) is 6.43. The molecule has 2 atom stereocenters. The molecule has 1 aromatic rings. The van der Waals surface area contributed by atoms with Crippen molar-refractivity contribution in [3.63, 3.8) is 0 Å². The van der Waals surface area contributed by atoms with Crippen LogP contribution in [0, 0.1) is 12.8 Å². The number of aryl methyl sites for hydroxylation is 1. The van der Waals surface area contributed by atoms with Crippen molar-refractivity contribution in [1.82, 2.24) is 0 Å². The first-order valence-corrected chi connectivity index (χ1v) is 6.90. The normalized spacial score (nSPS) is 23.2. The number of benzene rings is 1. The minimum atomic E-state index is -3.39. The first kappa shape index (κ1) is 12.1. The lowest BCUT2D eigenvalue weighted by molar-refractivity contribution is -0.142. The third kappa shape index (κ3) is 2.20. The molecule has 1 aliphatic rings. The van der Waals surface area contributed by atoms with Crippen LogP contribution in [0.25, 0.3) is 0 Å². The number of rotatable bonds is 3. The van der Waals surface area contributed by atoms with Crippen molar-refractivity contribution < 1.29 is 17.9 Å². The fourth-order valence-electron chi connectivity index (χ4n) is 1.82. The van der Waals surface area contributed by atoms with Crippen molar-refractivity contribution >= 4 is 15.8 Å². The lowest BCUT2D eigenvalue weighted by atomic mass is 10.2. The summed E-state index contributed by atoms with van der Waals surface area (Å²) in [5.41, 5.74) is 1.00. The van der Waals surface area contributed by atoms with E-state index in [1.54, 1.807) is 24.3 Å². The Kier molecular flexibility index (Phi) is 2.95. The molecule has 0 spiro atoms. The predicted molar refractivity (Wildman–Crippen MR) is 62.3 cm³/mol. The number of carbonyl (C=O) groups is 1. The molecule has 1 fully saturated rings. The quantitative estimate of drug-likeness (QED) is 0.763. The molecule has 1 aromatic carbocycles. The molecule has 1 saturated carbocycles. The summed E-state index contributed by atoms with van der Waals surface area (Å²) in [6.07, 6.45) is 0.364. The summed E-state index contributed by atoms with van der Waals surface area (Å²) in [5, 5.41) is -0.613. The van der Waals surface area contributed by atoms with Crippen molar-refractivity contribution in [3.05, 3.63) is 29.8 Å². The molecule has 4 nitrogen and oxygen atoms in total. The Morgan fingerprint density at radius 1 is 1.29 bits per heavy atom. The van der Waals surface area contributed by atoms with Crippen LogP contribution in [0.3, 0.4) is 0 Å². The van der Waals surface area contributed by atoms with Gasteiger partial charge in [0, 0.05) is 0 Å². The van der Waals surface area contributed by atoms with Gasteiger partial charge in [0.25, 0.3) is 0 Å². The molecule has 0 radical (unpaired) electrons. The molecule has 0 aromatic heterocycles. The number of methoxy groups -OCH3 is 1. The Morgan fingerprint density at radius 3 is 2.41 bits per heavy atom. The van der Waals surface area contributed by atoms with Gasteiger partial charge in [0.15, 0.2) is 9.84 Å². The highest BCUT2D eigenvalue weighted by Gasteiger charge is 2.52. The number of ether oxygens (including phenoxy) is 1. The molecular weight excluding hydrogens is 240 g/mol. The van der Waals surface area contributed by atoms with E-state index in [-0.39, 0.29) is 4.90 Å². The van der Waals surface area contributed by atoms with Crippen LogP contribution in [-0.2, 0) is 19.4 Å². The van der Waals surface area contributed by atoms with Crippen LogP contribution in [-0.4, -0.2) is 26.7 Å². The minimum Gasteiger partial charge on any atom is -0.469 e. The second kappa shape index (κ2) is 4.14. The predicted octanol–water partition coefficient (Wildman–Crippen LogP) is 1.33. The maximum absolute atomic E-state index is 12.1. The lowest BCUT2D eigenvalue weighted by Gasteiger charge is -2.03. The Bertz CT molecular complexity index is 530. The number of hydrogen-bond donors (Lipinski definition) is 0. The van der Waals surface area contributed by atoms with Gasteiger partial charge in [-0.15, -0.1) is 0 Å². The van der Waals surface area contributed by atoms with Crippen molar-refractivity contribution in [1.29, 1.82) is 0 Å². The van der Waals surface area contributed by atoms with Crippen LogP contribution in [0.5, 0.6) is 0 Å². The molecule has 2 rings (SSSR count). The fraction of sp³-hybridized carbons (Fsp3) is 0.417. The Balaban J connectivity index is 2.22. The summed E-state index contributed by atoms with van der Waals surface area (Å²) in [5.74, 6) is -0.933. The van der Waals surface area contributed by atoms with E-state index >= 15 is 0 Å². The van der Waals surface area contributed by atoms with E-state index in [4.69, 9.17) is 0 Å². The van der Waals surface area contributed by atoms with Gasteiger partial charge in [0.2, 0.25) is 0 Å². The number of sulfone groups is 1. The molecule has 0 amide bonds. The van der Waals surface area contributed by atoms with Crippen molar-refractivity contribution in [2.24, 2.45) is 5.92 Å². The van der Waals surface area contributed by atoms with Gasteiger partial charge < -0.3 is 4.74 Å². The van der Waals surface area contributed by atoms with Crippen molar-refractivity contribution in [2.75, 3.05) is 7.11 Å². The first-order chi connectivity index (χ1) is 7.96. The Labute approximate surface area is 101 Å². The zero-order chi connectivity index (χ0) is 12.6. The number of esters is 1. The molecule has 0 saturated heterocycles. The minimum absolute atomic E-state index is 0.277. The summed E-state index contributed by atoms with van der Waals surface area (Å²) < 4.78 is 28.8. The first-order valence-electron chi connectivity index (χ1n) is 5.35. The third-order valence-electron chi connectivity index (χ3n) is 2.98. The van der Waals surface area contributed by atoms with Gasteiger partial charge in [-0.25, -0.2) is 8.42 Å². The van der Waals surface area contributed by atoms with Gasteiger partial charge in [-0.2, -0.15) is 0 Å². The van der Waals surface area contributed by atoms with Crippen LogP contribution in [0.2, 0.25) is 0 Å². The highest BCUT2D eigenvalue weighted by molar-refractivity contribution is 7.92. The summed E-state index contributed by atoms with van der Waals surface area (Å²) in [4.78, 5) is 11.5. The number of hydrogen-bond acceptors (Lipinski definition) is 4. The molecule has 2 unspecified atom stereocenters. The van der Waals surface area contributed by atoms with Gasteiger partial charge >= 0.3 is 5.97 Å². The SMILES string of the molecule is COC(=O)C1CC1S(=O)(=O)c1ccc(C)cc1. The third-order valence-corrected chi connectivity index (χ3v) is 5.23. The Morgan fingerprint density at radius 2 is 1.88 bits per heavy atom. The van der Waals surface area contributed by atoms with E-state index in [1.807, 2.05) is 6.92 Å². The van der Waals surface area contributed by atoms with Crippen molar-refractivity contribution in [3.8, 4) is 0 Å². The zero-order valence-electron chi connectivity index (χ0n) is 9.71. The topological polar surface area (TPSA) is 60.4 Å². The van der Waals surface area contributed by atoms with E-state index in [1.165, 1.54) is 7.11 Å². The van der Waals surface area contributed by atoms with Crippen LogP contribution in [0.15, 0.2) is 29.2 Å². The average molecular weight is 254 g/mol. The second-order valence-electron chi connectivity index (χ2n) is 4.26. The van der Waals surface area contributed by atoms with Crippen LogP contribution in [0.1, 0.15) is 12.0 Å². The largest absolute Gasteiger partial charge is 0.469 e. The molecule has 92 valence electrons. The molecule has 17 heavy (non-hydrogen) atoms. The van der Waals surface area contributed by atoms with E-state index in [0.29, 0.717) is 6.42 Å². The van der Waals surface area contributed by atoms with E-state index in [2.05, 4.69) is 4.74 Å². The maximum atomic E-state index is 12.1. The summed E-state index contributed by atoms with van der Waals surface area (Å²) in [6.45, 7) is 1.89. The van der Waals surface area contributed by atoms with Gasteiger partial charge in [0.1, 0.15) is 0 Å². The Hall–Kier alpha value is -1.36. The van der Waals surface area contributed by atoms with Gasteiger partial charge in [-0.05, 0) is 25.5 Å². The molecule has 0 heterocycles. The van der Waals surface area contributed by atoms with Crippen LogP contribution >= 0.6 is 0 Å². The van der Waals surface area contributed by atoms with Gasteiger partial charge in [0.05, 0.1) is 23.2 Å². The van der Waals surface area contributed by atoms with E-state index in [0.717, 1.165) is 5.56 Å². The standard InChI is InChI=1S/C12H14O4S/c1-8-3-5-9(6-4-8)17(14,15)11-7-10(11)12(13)16-2/h3-6,10-11H,7H2,1-2H3. The molecule has 0 bridgehead atoms. The molecule has 1 aliphatic carbocycles. The van der Waals surface area contributed by atoms with E-state index < -0.39 is 27.0 Å². The molecule has 5 heteroatoms. The maximum Gasteiger partial charge on any atom is 0.310 e. The highest BCUT2D eigenvalue weighted by Crippen LogP contribution is 2.41. The van der Waals surface area contributed by atoms with E-state index in [9.17, 15) is 13.2 Å². The van der Waals surface area contributed by atoms with Crippen molar-refractivity contribution in [2.45, 2.75) is 23.5 Å². The van der Waals surface area contributed by atoms with Gasteiger partial charge in [-0.1, -0.05) is 17.7 Å². The summed E-state index contributed by atoms with van der Waals surface area (Å²) >= 11 is 0. The number of carbonyl (C=O) groups excluding carboxylic acids is 1. The fourth-order valence-corrected chi connectivity index (χ4v) is 3.69. The highest BCUT2D eigenvalue weighted by atomic mass is 32.2. The van der Waals surface area contributed by atoms with Crippen LogP contribution in [0.4, 0.5) is 0 Å². The van der Waals surface area contributed by atoms with Gasteiger partial charge in [-0.3, -0.25) is 4.79 Å². The molecule has 0 aliphatic heterocycles.